The van der Waals surface area contributed by atoms with Crippen LogP contribution >= 0.6 is 0 Å². The van der Waals surface area contributed by atoms with E-state index in [4.69, 9.17) is 4.65 Å². The van der Waals surface area contributed by atoms with Gasteiger partial charge in [-0.25, -0.2) is 0 Å². The molecule has 89 valence electrons. The van der Waals surface area contributed by atoms with E-state index in [1.54, 1.807) is 14.7 Å². The fraction of sp³-hybridized carbons (Fsp3) is 0.700. The van der Waals surface area contributed by atoms with Gasteiger partial charge in [-0.05, 0) is 26.5 Å². The first-order valence-electron chi connectivity index (χ1n) is 5.53. The Morgan fingerprint density at radius 3 is 2.81 bits per heavy atom. The van der Waals surface area contributed by atoms with Crippen LogP contribution in [0, 0.1) is 13.8 Å². The van der Waals surface area contributed by atoms with Gasteiger partial charge in [-0.15, -0.1) is 0 Å². The summed E-state index contributed by atoms with van der Waals surface area (Å²) in [5, 5.41) is 10.7. The number of aromatic nitrogens is 2. The van der Waals surface area contributed by atoms with Gasteiger partial charge < -0.3 is 15.2 Å². The van der Waals surface area contributed by atoms with Gasteiger partial charge in [-0.3, -0.25) is 4.68 Å². The molecule has 1 aromatic rings. The molecule has 0 aromatic carbocycles. The molecule has 2 N–H and O–H groups in total. The van der Waals surface area contributed by atoms with Crippen LogP contribution in [0.1, 0.15) is 11.4 Å². The molecule has 1 rings (SSSR count). The second kappa shape index (κ2) is 7.43. The van der Waals surface area contributed by atoms with E-state index < -0.39 is 0 Å². The smallest absolute Gasteiger partial charge is 0.395 e. The molecule has 0 amide bonds. The summed E-state index contributed by atoms with van der Waals surface area (Å²) in [6, 6.07) is 2.09. The molecule has 0 fully saturated rings. The Hall–Kier alpha value is -0.845. The second-order valence-electron chi connectivity index (χ2n) is 3.71. The van der Waals surface area contributed by atoms with E-state index in [0.717, 1.165) is 31.9 Å². The maximum atomic E-state index is 4.76. The Morgan fingerprint density at radius 2 is 2.19 bits per heavy atom. The zero-order valence-electron chi connectivity index (χ0n) is 10.3. The van der Waals surface area contributed by atoms with Crippen LogP contribution in [0.5, 0.6) is 0 Å². The van der Waals surface area contributed by atoms with Gasteiger partial charge in [-0.2, -0.15) is 5.10 Å². The Labute approximate surface area is 97.9 Å². The third kappa shape index (κ3) is 4.78. The van der Waals surface area contributed by atoms with Crippen molar-refractivity contribution in [1.82, 2.24) is 20.3 Å². The molecule has 0 saturated heterocycles. The van der Waals surface area contributed by atoms with Crippen molar-refractivity contribution in [3.8, 4) is 0 Å². The fourth-order valence-electron chi connectivity index (χ4n) is 1.51. The van der Waals surface area contributed by atoms with Crippen LogP contribution in [0.2, 0.25) is 0 Å². The average Bonchev–Trinajstić information content (AvgIpc) is 2.56. The summed E-state index contributed by atoms with van der Waals surface area (Å²) in [7, 11) is 3.21. The van der Waals surface area contributed by atoms with Gasteiger partial charge in [0.2, 0.25) is 0 Å². The van der Waals surface area contributed by atoms with Crippen LogP contribution in [0.25, 0.3) is 0 Å². The first-order valence-corrected chi connectivity index (χ1v) is 5.53. The topological polar surface area (TPSA) is 51.1 Å². The molecule has 0 atom stereocenters. The standard InChI is InChI=1S/C10H20BN4O/c1-9-8-10(2)15(14-9)7-6-12-4-5-13-11-16-3/h8,12-13H,4-7H2,1-3H3. The van der Waals surface area contributed by atoms with E-state index in [1.807, 2.05) is 11.6 Å². The number of hydrogen-bond donors (Lipinski definition) is 2. The molecule has 0 spiro atoms. The van der Waals surface area contributed by atoms with Crippen LogP contribution in [-0.2, 0) is 11.2 Å². The number of nitrogens with one attached hydrogen (secondary N) is 2. The molecule has 6 heteroatoms. The Bertz CT molecular complexity index is 303. The summed E-state index contributed by atoms with van der Waals surface area (Å²) in [5.74, 6) is 0. The fourth-order valence-corrected chi connectivity index (χ4v) is 1.51. The van der Waals surface area contributed by atoms with Crippen LogP contribution in [0.3, 0.4) is 0 Å². The van der Waals surface area contributed by atoms with Crippen molar-refractivity contribution in [2.75, 3.05) is 26.7 Å². The van der Waals surface area contributed by atoms with Crippen LogP contribution in [0.4, 0.5) is 0 Å². The van der Waals surface area contributed by atoms with Gasteiger partial charge in [0.1, 0.15) is 0 Å². The van der Waals surface area contributed by atoms with E-state index in [-0.39, 0.29) is 0 Å². The van der Waals surface area contributed by atoms with Crippen molar-refractivity contribution in [1.29, 1.82) is 0 Å². The van der Waals surface area contributed by atoms with Gasteiger partial charge in [0.15, 0.2) is 0 Å². The molecule has 0 aliphatic heterocycles. The summed E-state index contributed by atoms with van der Waals surface area (Å²) in [5.41, 5.74) is 2.29. The summed E-state index contributed by atoms with van der Waals surface area (Å²) < 4.78 is 6.78. The highest BCUT2D eigenvalue weighted by molar-refractivity contribution is 6.23. The molecule has 0 saturated carbocycles. The van der Waals surface area contributed by atoms with E-state index in [2.05, 4.69) is 28.6 Å². The lowest BCUT2D eigenvalue weighted by Gasteiger charge is -2.06. The first kappa shape index (κ1) is 13.2. The zero-order valence-corrected chi connectivity index (χ0v) is 10.3. The summed E-state index contributed by atoms with van der Waals surface area (Å²) >= 11 is 0. The average molecular weight is 223 g/mol. The lowest BCUT2D eigenvalue weighted by molar-refractivity contribution is 0.429. The number of nitrogens with zero attached hydrogens (tertiary/aromatic N) is 2. The summed E-state index contributed by atoms with van der Waals surface area (Å²) in [6.45, 7) is 7.71. The maximum Gasteiger partial charge on any atom is 0.395 e. The van der Waals surface area contributed by atoms with Crippen molar-refractivity contribution in [3.63, 3.8) is 0 Å². The second-order valence-corrected chi connectivity index (χ2v) is 3.71. The monoisotopic (exact) mass is 223 g/mol. The molecule has 1 heterocycles. The Balaban J connectivity index is 2.05. The molecular weight excluding hydrogens is 203 g/mol. The lowest BCUT2D eigenvalue weighted by atomic mass is 10.3. The SMILES string of the molecule is CO[B]NCCNCCn1nc(C)cc1C. The predicted molar refractivity (Wildman–Crippen MR) is 65.3 cm³/mol. The highest BCUT2D eigenvalue weighted by atomic mass is 16.4. The Kier molecular flexibility index (Phi) is 6.14. The number of hydrogen-bond acceptors (Lipinski definition) is 4. The highest BCUT2D eigenvalue weighted by Crippen LogP contribution is 2.00. The minimum absolute atomic E-state index is 0.866. The van der Waals surface area contributed by atoms with Gasteiger partial charge in [0, 0.05) is 25.9 Å². The van der Waals surface area contributed by atoms with Crippen molar-refractivity contribution < 1.29 is 4.65 Å². The lowest BCUT2D eigenvalue weighted by Crippen LogP contribution is -2.32. The molecule has 1 aromatic heterocycles. The first-order chi connectivity index (χ1) is 7.74. The van der Waals surface area contributed by atoms with Gasteiger partial charge in [-0.1, -0.05) is 0 Å². The molecule has 0 bridgehead atoms. The summed E-state index contributed by atoms with van der Waals surface area (Å²) in [6.07, 6.45) is 0. The van der Waals surface area contributed by atoms with Gasteiger partial charge >= 0.3 is 7.62 Å². The largest absolute Gasteiger partial charge is 0.427 e. The van der Waals surface area contributed by atoms with Crippen LogP contribution < -0.4 is 10.5 Å². The minimum atomic E-state index is 0.866. The highest BCUT2D eigenvalue weighted by Gasteiger charge is 1.99. The van der Waals surface area contributed by atoms with Crippen LogP contribution in [0.15, 0.2) is 6.07 Å². The predicted octanol–water partition coefficient (Wildman–Crippen LogP) is -0.140. The molecule has 0 aliphatic carbocycles. The van der Waals surface area contributed by atoms with Crippen molar-refractivity contribution in [2.24, 2.45) is 0 Å². The molecular formula is C10H20BN4O. The van der Waals surface area contributed by atoms with E-state index >= 15 is 0 Å². The minimum Gasteiger partial charge on any atom is -0.427 e. The van der Waals surface area contributed by atoms with Crippen molar-refractivity contribution in [3.05, 3.63) is 17.5 Å². The van der Waals surface area contributed by atoms with Crippen molar-refractivity contribution in [2.45, 2.75) is 20.4 Å². The quantitative estimate of drug-likeness (QED) is 0.475. The third-order valence-electron chi connectivity index (χ3n) is 2.25. The van der Waals surface area contributed by atoms with E-state index in [1.165, 1.54) is 5.69 Å². The third-order valence-corrected chi connectivity index (χ3v) is 2.25. The van der Waals surface area contributed by atoms with Gasteiger partial charge in [0.05, 0.1) is 12.2 Å². The molecule has 5 nitrogen and oxygen atoms in total. The summed E-state index contributed by atoms with van der Waals surface area (Å²) in [4.78, 5) is 0. The maximum absolute atomic E-state index is 4.76. The zero-order chi connectivity index (χ0) is 11.8. The number of aryl methyl sites for hydroxylation is 2. The van der Waals surface area contributed by atoms with Gasteiger partial charge in [0.25, 0.3) is 0 Å². The molecule has 0 unspecified atom stereocenters. The number of rotatable bonds is 8. The normalized spacial score (nSPS) is 10.7. The van der Waals surface area contributed by atoms with E-state index in [0.29, 0.717) is 0 Å². The van der Waals surface area contributed by atoms with E-state index in [9.17, 15) is 0 Å². The Morgan fingerprint density at radius 1 is 1.38 bits per heavy atom. The molecule has 0 aliphatic rings. The molecule has 1 radical (unpaired) electrons. The molecule has 16 heavy (non-hydrogen) atoms. The van der Waals surface area contributed by atoms with Crippen LogP contribution in [-0.4, -0.2) is 44.1 Å². The van der Waals surface area contributed by atoms with Crippen molar-refractivity contribution >= 4 is 7.62 Å².